The maximum absolute atomic E-state index is 12.2. The fraction of sp³-hybridized carbons (Fsp3) is 0.500. The Hall–Kier alpha value is -2.51. The van der Waals surface area contributed by atoms with Gasteiger partial charge in [0.05, 0.1) is 17.9 Å². The summed E-state index contributed by atoms with van der Waals surface area (Å²) in [6, 6.07) is 9.94. The number of aliphatic imine (C=N–C) groups is 1. The van der Waals surface area contributed by atoms with E-state index >= 15 is 0 Å². The fourth-order valence-corrected chi connectivity index (χ4v) is 2.89. The van der Waals surface area contributed by atoms with Crippen molar-refractivity contribution in [3.8, 4) is 5.69 Å². The van der Waals surface area contributed by atoms with Gasteiger partial charge in [-0.3, -0.25) is 0 Å². The molecule has 0 spiro atoms. The number of hydrogen-bond donors (Lipinski definition) is 2. The fourth-order valence-electron chi connectivity index (χ4n) is 2.89. The average Bonchev–Trinajstić information content (AvgIpc) is 2.96. The Morgan fingerprint density at radius 1 is 1.14 bits per heavy atom. The topological polar surface area (TPSA) is 54.2 Å². The molecule has 0 fully saturated rings. The van der Waals surface area contributed by atoms with Crippen LogP contribution in [0.15, 0.2) is 35.3 Å². The Labute approximate surface area is 164 Å². The van der Waals surface area contributed by atoms with E-state index in [-0.39, 0.29) is 6.42 Å². The van der Waals surface area contributed by atoms with Crippen molar-refractivity contribution in [1.29, 1.82) is 0 Å². The second kappa shape index (κ2) is 10.1. The molecular weight excluding hydrogens is 367 g/mol. The monoisotopic (exact) mass is 395 g/mol. The molecule has 8 heteroatoms. The molecule has 2 N–H and O–H groups in total. The lowest BCUT2D eigenvalue weighted by Gasteiger charge is -2.13. The number of rotatable bonds is 8. The van der Waals surface area contributed by atoms with E-state index in [2.05, 4.69) is 20.7 Å². The van der Waals surface area contributed by atoms with Gasteiger partial charge in [-0.05, 0) is 51.3 Å². The first-order valence-corrected chi connectivity index (χ1v) is 9.50. The van der Waals surface area contributed by atoms with Crippen molar-refractivity contribution in [3.63, 3.8) is 0 Å². The molecule has 0 aliphatic carbocycles. The summed E-state index contributed by atoms with van der Waals surface area (Å²) in [5.41, 5.74) is 3.98. The van der Waals surface area contributed by atoms with Crippen LogP contribution in [0, 0.1) is 13.8 Å². The zero-order valence-corrected chi connectivity index (χ0v) is 16.6. The van der Waals surface area contributed by atoms with Crippen molar-refractivity contribution < 1.29 is 13.2 Å². The van der Waals surface area contributed by atoms with E-state index in [0.29, 0.717) is 32.0 Å². The van der Waals surface area contributed by atoms with Crippen LogP contribution < -0.4 is 10.6 Å². The quantitative estimate of drug-likeness (QED) is 0.399. The van der Waals surface area contributed by atoms with Crippen molar-refractivity contribution in [2.75, 3.05) is 13.1 Å². The van der Waals surface area contributed by atoms with Crippen LogP contribution in [0.1, 0.15) is 43.1 Å². The highest BCUT2D eigenvalue weighted by Crippen LogP contribution is 2.22. The third-order valence-electron chi connectivity index (χ3n) is 4.16. The van der Waals surface area contributed by atoms with Gasteiger partial charge in [-0.15, -0.1) is 0 Å². The van der Waals surface area contributed by atoms with Crippen LogP contribution >= 0.6 is 0 Å². The highest BCUT2D eigenvalue weighted by Gasteiger charge is 2.25. The second-order valence-corrected chi connectivity index (χ2v) is 6.66. The van der Waals surface area contributed by atoms with E-state index in [1.807, 2.05) is 55.8 Å². The zero-order valence-electron chi connectivity index (χ0n) is 16.6. The molecule has 0 saturated heterocycles. The summed E-state index contributed by atoms with van der Waals surface area (Å²) in [7, 11) is 0. The molecule has 0 atom stereocenters. The van der Waals surface area contributed by atoms with E-state index in [9.17, 15) is 13.2 Å². The summed E-state index contributed by atoms with van der Waals surface area (Å²) in [5, 5.41) is 10.8. The standard InChI is InChI=1S/C20H28F3N5/c1-4-24-19(25-12-8-7-11-20(21,22)23)26-14-17-9-5-6-10-18(17)28-16(3)13-15(2)27-28/h5-6,9-10,13H,4,7-8,11-12,14H2,1-3H3,(H2,24,25,26). The Kier molecular flexibility index (Phi) is 7.90. The first-order valence-electron chi connectivity index (χ1n) is 9.50. The van der Waals surface area contributed by atoms with Crippen molar-refractivity contribution in [1.82, 2.24) is 20.4 Å². The van der Waals surface area contributed by atoms with E-state index in [4.69, 9.17) is 0 Å². The number of benzene rings is 1. The number of aryl methyl sites for hydroxylation is 2. The van der Waals surface area contributed by atoms with Crippen molar-refractivity contribution >= 4 is 5.96 Å². The van der Waals surface area contributed by atoms with Crippen molar-refractivity contribution in [2.24, 2.45) is 4.99 Å². The van der Waals surface area contributed by atoms with Gasteiger partial charge in [0.2, 0.25) is 0 Å². The van der Waals surface area contributed by atoms with Crippen LogP contribution in [0.4, 0.5) is 13.2 Å². The van der Waals surface area contributed by atoms with E-state index < -0.39 is 12.6 Å². The minimum absolute atomic E-state index is 0.108. The molecule has 5 nitrogen and oxygen atoms in total. The lowest BCUT2D eigenvalue weighted by molar-refractivity contribution is -0.135. The average molecular weight is 395 g/mol. The molecule has 1 aromatic heterocycles. The molecule has 28 heavy (non-hydrogen) atoms. The Bertz CT molecular complexity index is 780. The molecule has 0 amide bonds. The molecule has 0 bridgehead atoms. The molecule has 2 rings (SSSR count). The number of halogens is 3. The Morgan fingerprint density at radius 3 is 2.54 bits per heavy atom. The molecule has 1 aromatic carbocycles. The van der Waals surface area contributed by atoms with Gasteiger partial charge < -0.3 is 10.6 Å². The molecule has 1 heterocycles. The van der Waals surface area contributed by atoms with Crippen LogP contribution in [0.2, 0.25) is 0 Å². The Morgan fingerprint density at radius 2 is 1.89 bits per heavy atom. The predicted molar refractivity (Wildman–Crippen MR) is 106 cm³/mol. The smallest absolute Gasteiger partial charge is 0.357 e. The maximum atomic E-state index is 12.2. The summed E-state index contributed by atoms with van der Waals surface area (Å²) in [4.78, 5) is 4.58. The van der Waals surface area contributed by atoms with Gasteiger partial charge in [0.1, 0.15) is 0 Å². The molecule has 154 valence electrons. The second-order valence-electron chi connectivity index (χ2n) is 6.66. The first-order chi connectivity index (χ1) is 13.3. The van der Waals surface area contributed by atoms with Gasteiger partial charge in [0.25, 0.3) is 0 Å². The molecule has 0 unspecified atom stereocenters. The van der Waals surface area contributed by atoms with Gasteiger partial charge in [-0.1, -0.05) is 18.2 Å². The number of nitrogens with zero attached hydrogens (tertiary/aromatic N) is 3. The summed E-state index contributed by atoms with van der Waals surface area (Å²) < 4.78 is 38.5. The summed E-state index contributed by atoms with van der Waals surface area (Å²) in [6.07, 6.45) is -4.30. The van der Waals surface area contributed by atoms with Gasteiger partial charge in [0.15, 0.2) is 5.96 Å². The maximum Gasteiger partial charge on any atom is 0.389 e. The van der Waals surface area contributed by atoms with Gasteiger partial charge >= 0.3 is 6.18 Å². The van der Waals surface area contributed by atoms with Gasteiger partial charge in [0, 0.05) is 25.2 Å². The third-order valence-corrected chi connectivity index (χ3v) is 4.16. The van der Waals surface area contributed by atoms with Crippen molar-refractivity contribution in [2.45, 2.75) is 52.8 Å². The van der Waals surface area contributed by atoms with Crippen LogP contribution in [-0.2, 0) is 6.54 Å². The zero-order chi connectivity index (χ0) is 20.6. The first kappa shape index (κ1) is 21.8. The number of para-hydroxylation sites is 1. The highest BCUT2D eigenvalue weighted by atomic mass is 19.4. The molecule has 0 aliphatic rings. The van der Waals surface area contributed by atoms with Crippen LogP contribution in [0.3, 0.4) is 0 Å². The molecular formula is C20H28F3N5. The van der Waals surface area contributed by atoms with Gasteiger partial charge in [-0.25, -0.2) is 9.67 Å². The van der Waals surface area contributed by atoms with Gasteiger partial charge in [-0.2, -0.15) is 18.3 Å². The number of nitrogens with one attached hydrogen (secondary N) is 2. The van der Waals surface area contributed by atoms with E-state index in [0.717, 1.165) is 22.6 Å². The van der Waals surface area contributed by atoms with Crippen molar-refractivity contribution in [3.05, 3.63) is 47.3 Å². The number of aromatic nitrogens is 2. The highest BCUT2D eigenvalue weighted by molar-refractivity contribution is 5.79. The predicted octanol–water partition coefficient (Wildman–Crippen LogP) is 4.28. The summed E-state index contributed by atoms with van der Waals surface area (Å²) >= 11 is 0. The molecule has 0 saturated carbocycles. The van der Waals surface area contributed by atoms with E-state index in [1.165, 1.54) is 0 Å². The lowest BCUT2D eigenvalue weighted by atomic mass is 10.2. The number of alkyl halides is 3. The van der Waals surface area contributed by atoms with E-state index in [1.54, 1.807) is 0 Å². The molecule has 2 aromatic rings. The Balaban J connectivity index is 2.02. The number of unbranched alkanes of at least 4 members (excludes halogenated alkanes) is 1. The summed E-state index contributed by atoms with van der Waals surface area (Å²) in [6.45, 7) is 7.47. The van der Waals surface area contributed by atoms with Crippen LogP contribution in [0.5, 0.6) is 0 Å². The largest absolute Gasteiger partial charge is 0.389 e. The SMILES string of the molecule is CCNC(=NCc1ccccc1-n1nc(C)cc1C)NCCCCC(F)(F)F. The minimum atomic E-state index is -4.09. The number of guanidine groups is 1. The summed E-state index contributed by atoms with van der Waals surface area (Å²) in [5.74, 6) is 0.595. The van der Waals surface area contributed by atoms with Crippen LogP contribution in [0.25, 0.3) is 5.69 Å². The van der Waals surface area contributed by atoms with Crippen LogP contribution in [-0.4, -0.2) is 35.0 Å². The third kappa shape index (κ3) is 6.90. The minimum Gasteiger partial charge on any atom is -0.357 e. The normalized spacial score (nSPS) is 12.3. The lowest BCUT2D eigenvalue weighted by Crippen LogP contribution is -2.37. The molecule has 0 radical (unpaired) electrons. The number of hydrogen-bond acceptors (Lipinski definition) is 2. The molecule has 0 aliphatic heterocycles.